The highest BCUT2D eigenvalue weighted by Gasteiger charge is 2.29. The van der Waals surface area contributed by atoms with E-state index in [0.29, 0.717) is 17.2 Å². The van der Waals surface area contributed by atoms with Crippen LogP contribution >= 0.6 is 0 Å². The molecule has 0 aliphatic heterocycles. The maximum absolute atomic E-state index is 13.5. The maximum atomic E-state index is 13.5. The molecule has 3 rings (SSSR count). The number of carbonyl (C=O) groups is 1. The number of methoxy groups -OCH3 is 2. The van der Waals surface area contributed by atoms with E-state index in [2.05, 4.69) is 5.32 Å². The van der Waals surface area contributed by atoms with E-state index in [1.807, 2.05) is 25.1 Å². The standard InChI is InChI=1S/C24H26N2O5S/c1-18-9-14-23(31-3)22(15-18)26(32(28,29)21-7-5-4-6-8-21)17-24(27)25-16-19-10-12-20(30-2)13-11-19/h4-15H,16-17H2,1-3H3,(H,25,27). The van der Waals surface area contributed by atoms with Gasteiger partial charge in [-0.05, 0) is 54.4 Å². The summed E-state index contributed by atoms with van der Waals surface area (Å²) >= 11 is 0. The van der Waals surface area contributed by atoms with E-state index in [9.17, 15) is 13.2 Å². The Morgan fingerprint density at radius 3 is 2.25 bits per heavy atom. The molecule has 1 N–H and O–H groups in total. The van der Waals surface area contributed by atoms with Gasteiger partial charge in [-0.25, -0.2) is 8.42 Å². The zero-order valence-corrected chi connectivity index (χ0v) is 19.1. The van der Waals surface area contributed by atoms with Crippen LogP contribution in [-0.2, 0) is 21.4 Å². The molecule has 3 aromatic rings. The average Bonchev–Trinajstić information content (AvgIpc) is 2.82. The largest absolute Gasteiger partial charge is 0.497 e. The molecule has 8 heteroatoms. The second kappa shape index (κ2) is 10.2. The number of aryl methyl sites for hydroxylation is 1. The monoisotopic (exact) mass is 454 g/mol. The van der Waals surface area contributed by atoms with Crippen molar-refractivity contribution in [1.29, 1.82) is 0 Å². The molecular formula is C24H26N2O5S. The summed E-state index contributed by atoms with van der Waals surface area (Å²) in [5, 5.41) is 2.79. The molecule has 1 amide bonds. The van der Waals surface area contributed by atoms with Crippen molar-refractivity contribution < 1.29 is 22.7 Å². The SMILES string of the molecule is COc1ccc(CNC(=O)CN(c2cc(C)ccc2OC)S(=O)(=O)c2ccccc2)cc1. The third kappa shape index (κ3) is 5.39. The van der Waals surface area contributed by atoms with Crippen molar-refractivity contribution in [2.24, 2.45) is 0 Å². The summed E-state index contributed by atoms with van der Waals surface area (Å²) < 4.78 is 38.5. The summed E-state index contributed by atoms with van der Waals surface area (Å²) in [6, 6.07) is 20.5. The van der Waals surface area contributed by atoms with Gasteiger partial charge in [-0.1, -0.05) is 36.4 Å². The van der Waals surface area contributed by atoms with Crippen molar-refractivity contribution in [2.45, 2.75) is 18.4 Å². The highest BCUT2D eigenvalue weighted by Crippen LogP contribution is 2.33. The summed E-state index contributed by atoms with van der Waals surface area (Å²) in [6.45, 7) is 1.71. The lowest BCUT2D eigenvalue weighted by atomic mass is 10.2. The molecule has 0 fully saturated rings. The first-order valence-electron chi connectivity index (χ1n) is 9.97. The molecule has 0 aliphatic rings. The van der Waals surface area contributed by atoms with E-state index in [0.717, 1.165) is 15.4 Å². The predicted molar refractivity (Wildman–Crippen MR) is 124 cm³/mol. The Morgan fingerprint density at radius 1 is 0.938 bits per heavy atom. The lowest BCUT2D eigenvalue weighted by molar-refractivity contribution is -0.119. The van der Waals surface area contributed by atoms with E-state index in [1.165, 1.54) is 19.2 Å². The minimum atomic E-state index is -4.01. The van der Waals surface area contributed by atoms with Crippen LogP contribution in [0.5, 0.6) is 11.5 Å². The third-order valence-corrected chi connectivity index (χ3v) is 6.64. The Labute approximate surface area is 188 Å². The predicted octanol–water partition coefficient (Wildman–Crippen LogP) is 3.52. The lowest BCUT2D eigenvalue weighted by Crippen LogP contribution is -2.40. The van der Waals surface area contributed by atoms with Crippen molar-refractivity contribution in [2.75, 3.05) is 25.1 Å². The zero-order valence-electron chi connectivity index (χ0n) is 18.2. The summed E-state index contributed by atoms with van der Waals surface area (Å²) in [6.07, 6.45) is 0. The van der Waals surface area contributed by atoms with Gasteiger partial charge in [0.1, 0.15) is 18.0 Å². The molecule has 168 valence electrons. The first kappa shape index (κ1) is 23.1. The van der Waals surface area contributed by atoms with Crippen LogP contribution in [0.2, 0.25) is 0 Å². The number of carbonyl (C=O) groups excluding carboxylic acids is 1. The third-order valence-electron chi connectivity index (χ3n) is 4.87. The molecule has 0 unspecified atom stereocenters. The van der Waals surface area contributed by atoms with Crippen LogP contribution < -0.4 is 19.1 Å². The minimum Gasteiger partial charge on any atom is -0.497 e. The number of rotatable bonds is 9. The van der Waals surface area contributed by atoms with Crippen molar-refractivity contribution in [1.82, 2.24) is 5.32 Å². The van der Waals surface area contributed by atoms with Crippen LogP contribution in [0.3, 0.4) is 0 Å². The van der Waals surface area contributed by atoms with E-state index in [1.54, 1.807) is 49.6 Å². The number of amides is 1. The molecule has 0 heterocycles. The molecule has 0 radical (unpaired) electrons. The molecule has 0 saturated heterocycles. The van der Waals surface area contributed by atoms with Crippen LogP contribution in [0.25, 0.3) is 0 Å². The summed E-state index contributed by atoms with van der Waals surface area (Å²) in [5.41, 5.74) is 2.01. The summed E-state index contributed by atoms with van der Waals surface area (Å²) in [4.78, 5) is 12.9. The van der Waals surface area contributed by atoms with Crippen molar-refractivity contribution in [3.63, 3.8) is 0 Å². The number of hydrogen-bond donors (Lipinski definition) is 1. The van der Waals surface area contributed by atoms with Gasteiger partial charge in [0.2, 0.25) is 5.91 Å². The fraction of sp³-hybridized carbons (Fsp3) is 0.208. The fourth-order valence-corrected chi connectivity index (χ4v) is 4.59. The van der Waals surface area contributed by atoms with Crippen LogP contribution in [0.4, 0.5) is 5.69 Å². The molecule has 0 aromatic heterocycles. The number of ether oxygens (including phenoxy) is 2. The Kier molecular flexibility index (Phi) is 7.37. The molecule has 0 aliphatic carbocycles. The second-order valence-electron chi connectivity index (χ2n) is 7.12. The Bertz CT molecular complexity index is 1160. The van der Waals surface area contributed by atoms with Gasteiger partial charge < -0.3 is 14.8 Å². The Balaban J connectivity index is 1.89. The minimum absolute atomic E-state index is 0.0894. The highest BCUT2D eigenvalue weighted by atomic mass is 32.2. The number of nitrogens with zero attached hydrogens (tertiary/aromatic N) is 1. The maximum Gasteiger partial charge on any atom is 0.264 e. The van der Waals surface area contributed by atoms with Gasteiger partial charge in [-0.3, -0.25) is 9.10 Å². The molecular weight excluding hydrogens is 428 g/mol. The number of benzene rings is 3. The molecule has 0 atom stereocenters. The first-order valence-corrected chi connectivity index (χ1v) is 11.4. The summed E-state index contributed by atoms with van der Waals surface area (Å²) in [7, 11) is -0.970. The van der Waals surface area contributed by atoms with E-state index >= 15 is 0 Å². The van der Waals surface area contributed by atoms with Crippen molar-refractivity contribution in [3.05, 3.63) is 83.9 Å². The number of nitrogens with one attached hydrogen (secondary N) is 1. The molecule has 0 bridgehead atoms. The fourth-order valence-electron chi connectivity index (χ4n) is 3.14. The van der Waals surface area contributed by atoms with Gasteiger partial charge >= 0.3 is 0 Å². The lowest BCUT2D eigenvalue weighted by Gasteiger charge is -2.26. The Hall–Kier alpha value is -3.52. The van der Waals surface area contributed by atoms with Crippen LogP contribution in [0, 0.1) is 6.92 Å². The van der Waals surface area contributed by atoms with E-state index in [-0.39, 0.29) is 11.4 Å². The zero-order chi connectivity index (χ0) is 23.1. The number of hydrogen-bond acceptors (Lipinski definition) is 5. The Morgan fingerprint density at radius 2 is 1.62 bits per heavy atom. The van der Waals surface area contributed by atoms with E-state index in [4.69, 9.17) is 9.47 Å². The molecule has 32 heavy (non-hydrogen) atoms. The first-order chi connectivity index (χ1) is 15.3. The summed E-state index contributed by atoms with van der Waals surface area (Å²) in [5.74, 6) is 0.633. The van der Waals surface area contributed by atoms with Crippen LogP contribution in [0.15, 0.2) is 77.7 Å². The average molecular weight is 455 g/mol. The normalized spacial score (nSPS) is 11.0. The number of sulfonamides is 1. The van der Waals surface area contributed by atoms with Crippen molar-refractivity contribution >= 4 is 21.6 Å². The highest BCUT2D eigenvalue weighted by molar-refractivity contribution is 7.92. The van der Waals surface area contributed by atoms with Crippen molar-refractivity contribution in [3.8, 4) is 11.5 Å². The molecule has 0 spiro atoms. The van der Waals surface area contributed by atoms with Gasteiger partial charge in [0.15, 0.2) is 0 Å². The van der Waals surface area contributed by atoms with Gasteiger partial charge in [-0.15, -0.1) is 0 Å². The molecule has 0 saturated carbocycles. The van der Waals surface area contributed by atoms with Gasteiger partial charge in [-0.2, -0.15) is 0 Å². The van der Waals surface area contributed by atoms with Crippen LogP contribution in [-0.4, -0.2) is 35.1 Å². The molecule has 7 nitrogen and oxygen atoms in total. The quantitative estimate of drug-likeness (QED) is 0.535. The van der Waals surface area contributed by atoms with Gasteiger partial charge in [0.05, 0.1) is 24.8 Å². The van der Waals surface area contributed by atoms with E-state index < -0.39 is 22.5 Å². The number of anilines is 1. The van der Waals surface area contributed by atoms with Crippen LogP contribution in [0.1, 0.15) is 11.1 Å². The molecule has 3 aromatic carbocycles. The smallest absolute Gasteiger partial charge is 0.264 e. The topological polar surface area (TPSA) is 84.9 Å². The second-order valence-corrected chi connectivity index (χ2v) is 8.99. The van der Waals surface area contributed by atoms with Gasteiger partial charge in [0, 0.05) is 6.54 Å². The van der Waals surface area contributed by atoms with Gasteiger partial charge in [0.25, 0.3) is 10.0 Å².